The smallest absolute Gasteiger partial charge is 0.323 e. The van der Waals surface area contributed by atoms with Crippen LogP contribution in [0, 0.1) is 5.92 Å². The van der Waals surface area contributed by atoms with Gasteiger partial charge in [-0.15, -0.1) is 0 Å². The second-order valence-corrected chi connectivity index (χ2v) is 3.90. The lowest BCUT2D eigenvalue weighted by Gasteiger charge is -2.27. The van der Waals surface area contributed by atoms with Gasteiger partial charge in [0.05, 0.1) is 0 Å². The lowest BCUT2D eigenvalue weighted by atomic mass is 10.1. The van der Waals surface area contributed by atoms with Gasteiger partial charge in [-0.1, -0.05) is 6.92 Å². The van der Waals surface area contributed by atoms with Crippen molar-refractivity contribution in [3.8, 4) is 0 Å². The van der Waals surface area contributed by atoms with E-state index in [1.807, 2.05) is 0 Å². The number of carbonyl (C=O) groups excluding carboxylic acids is 1. The molecule has 1 N–H and O–H groups in total. The Labute approximate surface area is 89.7 Å². The zero-order chi connectivity index (χ0) is 11.3. The lowest BCUT2D eigenvalue weighted by molar-refractivity contribution is -0.147. The molecule has 1 atom stereocenters. The van der Waals surface area contributed by atoms with Crippen LogP contribution in [0.5, 0.6) is 0 Å². The molecule has 0 aliphatic rings. The van der Waals surface area contributed by atoms with Crippen molar-refractivity contribution < 1.29 is 14.7 Å². The van der Waals surface area contributed by atoms with Gasteiger partial charge in [0, 0.05) is 17.7 Å². The van der Waals surface area contributed by atoms with E-state index in [0.717, 1.165) is 0 Å². The van der Waals surface area contributed by atoms with Crippen LogP contribution < -0.4 is 0 Å². The molecular formula is C9H17NO3S. The van der Waals surface area contributed by atoms with E-state index in [0.29, 0.717) is 5.75 Å². The molecule has 0 aromatic heterocycles. The molecule has 0 heterocycles. The van der Waals surface area contributed by atoms with Crippen molar-refractivity contribution in [1.29, 1.82) is 0 Å². The Morgan fingerprint density at radius 3 is 2.14 bits per heavy atom. The second-order valence-electron chi connectivity index (χ2n) is 3.54. The summed E-state index contributed by atoms with van der Waals surface area (Å²) in [5.41, 5.74) is 0. The van der Waals surface area contributed by atoms with Crippen molar-refractivity contribution in [3.05, 3.63) is 0 Å². The Bertz CT molecular complexity index is 218. The molecule has 5 heteroatoms. The zero-order valence-electron chi connectivity index (χ0n) is 8.73. The fraction of sp³-hybridized carbons (Fsp3) is 0.778. The van der Waals surface area contributed by atoms with Gasteiger partial charge >= 0.3 is 5.97 Å². The average Bonchev–Trinajstić information content (AvgIpc) is 2.11. The SMILES string of the molecule is CC(CS)C(=O)N(CC(=O)O)C(C)C. The van der Waals surface area contributed by atoms with Gasteiger partial charge in [0.1, 0.15) is 6.54 Å². The van der Waals surface area contributed by atoms with Gasteiger partial charge in [-0.2, -0.15) is 12.6 Å². The Morgan fingerprint density at radius 1 is 1.36 bits per heavy atom. The average molecular weight is 219 g/mol. The number of hydrogen-bond donors (Lipinski definition) is 2. The van der Waals surface area contributed by atoms with Crippen LogP contribution in [0.4, 0.5) is 0 Å². The van der Waals surface area contributed by atoms with Crippen LogP contribution in [0.1, 0.15) is 20.8 Å². The zero-order valence-corrected chi connectivity index (χ0v) is 9.62. The predicted molar refractivity (Wildman–Crippen MR) is 57.5 cm³/mol. The van der Waals surface area contributed by atoms with Crippen LogP contribution >= 0.6 is 12.6 Å². The van der Waals surface area contributed by atoms with Gasteiger partial charge < -0.3 is 10.0 Å². The van der Waals surface area contributed by atoms with Crippen LogP contribution in [0.3, 0.4) is 0 Å². The molecule has 0 spiro atoms. The van der Waals surface area contributed by atoms with Crippen molar-refractivity contribution in [2.45, 2.75) is 26.8 Å². The van der Waals surface area contributed by atoms with Crippen LogP contribution in [0.2, 0.25) is 0 Å². The van der Waals surface area contributed by atoms with Gasteiger partial charge in [0.2, 0.25) is 5.91 Å². The first-order valence-electron chi connectivity index (χ1n) is 4.53. The van der Waals surface area contributed by atoms with E-state index < -0.39 is 5.97 Å². The van der Waals surface area contributed by atoms with E-state index in [9.17, 15) is 9.59 Å². The first-order chi connectivity index (χ1) is 6.40. The molecule has 0 aromatic rings. The van der Waals surface area contributed by atoms with E-state index in [2.05, 4.69) is 12.6 Å². The van der Waals surface area contributed by atoms with Crippen molar-refractivity contribution in [2.24, 2.45) is 5.92 Å². The molecule has 0 rings (SSSR count). The molecule has 0 bridgehead atoms. The Balaban J connectivity index is 4.49. The third-order valence-electron chi connectivity index (χ3n) is 1.91. The number of carbonyl (C=O) groups is 2. The van der Waals surface area contributed by atoms with Crippen molar-refractivity contribution >= 4 is 24.5 Å². The van der Waals surface area contributed by atoms with E-state index in [1.165, 1.54) is 4.90 Å². The van der Waals surface area contributed by atoms with E-state index >= 15 is 0 Å². The molecule has 0 aliphatic heterocycles. The molecule has 0 saturated heterocycles. The minimum atomic E-state index is -0.988. The number of thiol groups is 1. The molecule has 0 aromatic carbocycles. The number of aliphatic carboxylic acids is 1. The molecule has 4 nitrogen and oxygen atoms in total. The third-order valence-corrected chi connectivity index (χ3v) is 2.46. The second kappa shape index (κ2) is 5.90. The molecule has 0 radical (unpaired) electrons. The monoisotopic (exact) mass is 219 g/mol. The maximum absolute atomic E-state index is 11.7. The van der Waals surface area contributed by atoms with E-state index in [1.54, 1.807) is 20.8 Å². The fourth-order valence-corrected chi connectivity index (χ4v) is 1.18. The Kier molecular flexibility index (Phi) is 5.60. The number of carboxylic acid groups (broad SMARTS) is 1. The van der Waals surface area contributed by atoms with Crippen LogP contribution in [-0.2, 0) is 9.59 Å². The topological polar surface area (TPSA) is 57.6 Å². The molecule has 0 saturated carbocycles. The summed E-state index contributed by atoms with van der Waals surface area (Å²) < 4.78 is 0. The molecule has 0 fully saturated rings. The summed E-state index contributed by atoms with van der Waals surface area (Å²) in [7, 11) is 0. The minimum absolute atomic E-state index is 0.0964. The lowest BCUT2D eigenvalue weighted by Crippen LogP contribution is -2.43. The molecule has 1 amide bonds. The van der Waals surface area contributed by atoms with Crippen molar-refractivity contribution in [3.63, 3.8) is 0 Å². The van der Waals surface area contributed by atoms with Gasteiger partial charge in [-0.3, -0.25) is 9.59 Å². The standard InChI is InChI=1S/C9H17NO3S/c1-6(2)10(4-8(11)12)9(13)7(3)5-14/h6-7,14H,4-5H2,1-3H3,(H,11,12). The Morgan fingerprint density at radius 2 is 1.86 bits per heavy atom. The maximum atomic E-state index is 11.7. The van der Waals surface area contributed by atoms with Gasteiger partial charge in [-0.05, 0) is 13.8 Å². The summed E-state index contributed by atoms with van der Waals surface area (Å²) in [6.07, 6.45) is 0. The number of rotatable bonds is 5. The Hall–Kier alpha value is -0.710. The van der Waals surface area contributed by atoms with Crippen LogP contribution in [0.25, 0.3) is 0 Å². The minimum Gasteiger partial charge on any atom is -0.480 e. The fourth-order valence-electron chi connectivity index (χ4n) is 1.02. The van der Waals surface area contributed by atoms with Crippen LogP contribution in [-0.4, -0.2) is 40.2 Å². The first kappa shape index (κ1) is 13.3. The predicted octanol–water partition coefficient (Wildman–Crippen LogP) is 0.874. The molecule has 14 heavy (non-hydrogen) atoms. The summed E-state index contributed by atoms with van der Waals surface area (Å²) in [4.78, 5) is 23.5. The van der Waals surface area contributed by atoms with Crippen LogP contribution in [0.15, 0.2) is 0 Å². The van der Waals surface area contributed by atoms with Gasteiger partial charge in [-0.25, -0.2) is 0 Å². The summed E-state index contributed by atoms with van der Waals surface area (Å²) in [5, 5.41) is 8.62. The highest BCUT2D eigenvalue weighted by Crippen LogP contribution is 2.08. The number of amides is 1. The number of carboxylic acids is 1. The molecule has 82 valence electrons. The quantitative estimate of drug-likeness (QED) is 0.675. The summed E-state index contributed by atoms with van der Waals surface area (Å²) in [6.45, 7) is 5.10. The summed E-state index contributed by atoms with van der Waals surface area (Å²) in [6, 6.07) is -0.0964. The van der Waals surface area contributed by atoms with Gasteiger partial charge in [0.25, 0.3) is 0 Å². The third kappa shape index (κ3) is 4.00. The molecule has 1 unspecified atom stereocenters. The normalized spacial score (nSPS) is 12.6. The number of hydrogen-bond acceptors (Lipinski definition) is 3. The first-order valence-corrected chi connectivity index (χ1v) is 5.16. The highest BCUT2D eigenvalue weighted by atomic mass is 32.1. The highest BCUT2D eigenvalue weighted by molar-refractivity contribution is 7.80. The van der Waals surface area contributed by atoms with E-state index in [-0.39, 0.29) is 24.4 Å². The largest absolute Gasteiger partial charge is 0.480 e. The molecular weight excluding hydrogens is 202 g/mol. The van der Waals surface area contributed by atoms with Crippen molar-refractivity contribution in [1.82, 2.24) is 4.90 Å². The highest BCUT2D eigenvalue weighted by Gasteiger charge is 2.23. The summed E-state index contributed by atoms with van der Waals surface area (Å²) in [5.74, 6) is -0.947. The maximum Gasteiger partial charge on any atom is 0.323 e. The van der Waals surface area contributed by atoms with Gasteiger partial charge in [0.15, 0.2) is 0 Å². The van der Waals surface area contributed by atoms with Crippen molar-refractivity contribution in [2.75, 3.05) is 12.3 Å². The number of nitrogens with zero attached hydrogens (tertiary/aromatic N) is 1. The molecule has 0 aliphatic carbocycles. The van der Waals surface area contributed by atoms with E-state index in [4.69, 9.17) is 5.11 Å². The summed E-state index contributed by atoms with van der Waals surface area (Å²) >= 11 is 4.01.